The molecule has 0 heterocycles. The predicted octanol–water partition coefficient (Wildman–Crippen LogP) is 16.3. The van der Waals surface area contributed by atoms with Crippen LogP contribution in [0.3, 0.4) is 0 Å². The zero-order valence-corrected chi connectivity index (χ0v) is 67.2. The van der Waals surface area contributed by atoms with Crippen molar-refractivity contribution in [3.63, 3.8) is 0 Å². The Bertz CT molecular complexity index is 1930. The van der Waals surface area contributed by atoms with Gasteiger partial charge in [-0.15, -0.1) is 86.8 Å². The molecule has 572 valence electrons. The first-order valence-corrected chi connectivity index (χ1v) is 38.3. The molecule has 13 nitrogen and oxygen atoms in total. The lowest BCUT2D eigenvalue weighted by Crippen LogP contribution is -2.63. The van der Waals surface area contributed by atoms with Crippen molar-refractivity contribution < 1.29 is 28.4 Å². The summed E-state index contributed by atoms with van der Waals surface area (Å²) in [6, 6.07) is 0. The smallest absolute Gasteiger partial charge is 0.0637 e. The van der Waals surface area contributed by atoms with Gasteiger partial charge in [0.05, 0.1) is 36.6 Å². The van der Waals surface area contributed by atoms with Crippen LogP contribution in [0, 0.1) is 92.7 Å². The predicted molar refractivity (Wildman–Crippen MR) is 417 cm³/mol. The highest BCUT2D eigenvalue weighted by atomic mass is 35.5. The van der Waals surface area contributed by atoms with Crippen LogP contribution in [0.25, 0.3) is 0 Å². The summed E-state index contributed by atoms with van der Waals surface area (Å²) < 4.78 is 40.5. The van der Waals surface area contributed by atoms with E-state index >= 15 is 0 Å². The van der Waals surface area contributed by atoms with Crippen LogP contribution in [0.2, 0.25) is 0 Å². The molecule has 4 unspecified atom stereocenters. The van der Waals surface area contributed by atoms with Crippen molar-refractivity contribution in [1.82, 2.24) is 5.32 Å². The van der Waals surface area contributed by atoms with E-state index in [4.69, 9.17) is 62.8 Å². The maximum absolute atomic E-state index is 7.03. The van der Waals surface area contributed by atoms with Gasteiger partial charge in [0.25, 0.3) is 0 Å². The molecule has 8 fully saturated rings. The highest BCUT2D eigenvalue weighted by Crippen LogP contribution is 2.71. The quantitative estimate of drug-likeness (QED) is 0.0284. The molecule has 13 N–H and O–H groups in total. The fourth-order valence-electron chi connectivity index (χ4n) is 21.8. The van der Waals surface area contributed by atoms with Crippen LogP contribution in [0.1, 0.15) is 254 Å². The Morgan fingerprint density at radius 2 is 0.716 bits per heavy atom. The normalized spacial score (nSPS) is 36.2. The number of unbranched alkanes of at least 4 members (excludes halogenated alkanes) is 6. The number of rotatable bonds is 40. The van der Waals surface area contributed by atoms with Crippen molar-refractivity contribution in [1.29, 1.82) is 0 Å². The molecule has 8 aliphatic rings. The summed E-state index contributed by atoms with van der Waals surface area (Å²) in [7, 11) is 0. The summed E-state index contributed by atoms with van der Waals surface area (Å²) in [5.41, 5.74) is 36.4. The van der Waals surface area contributed by atoms with Gasteiger partial charge in [0, 0.05) is 50.5 Å². The van der Waals surface area contributed by atoms with Crippen molar-refractivity contribution >= 4 is 86.8 Å². The molecule has 22 atom stereocenters. The minimum absolute atomic E-state index is 0. The Hall–Kier alpha value is 1.51. The molecular weight excluding hydrogens is 1340 g/mol. The standard InChI is InChI=1S/C41H80N4O3.C34H65N3O3.7ClH/c1-5-6-7-8-9-10-23-45-24-11-15-31(2)34-16-17-35-39-36(30-38(41(34,35)4)48-27-14-22-44)40(3)19-18-33(46-25-12-20-42)28-32(40)29-37(39)47-26-13-21-43;1-5-6-10-24(2)27-11-12-28-32-29(23-31(34(27,28)4)40-20-9-17-37)33(3)14-13-26(38-18-7-15-35)21-25(33)22-30(32)39-19-8-16-36;;;;;;;/h31-39,45H,5-30,42-44H2,1-4H3;24-32H,5-23,35-37H2,1-4H3;7*1H/t31-,32?,33-,34-,35+,36+,37-,38+,39?,40+,41-;24-,25?,26-,27-,28+,29+,30-,31+,32?,33+,34-;;;;;;;/m11......./s1. The monoisotopic (exact) mass is 1490 g/mol. The van der Waals surface area contributed by atoms with Gasteiger partial charge in [0.15, 0.2) is 0 Å². The molecule has 0 bridgehead atoms. The van der Waals surface area contributed by atoms with Gasteiger partial charge in [0.2, 0.25) is 0 Å². The molecule has 0 radical (unpaired) electrons. The molecule has 95 heavy (non-hydrogen) atoms. The van der Waals surface area contributed by atoms with Gasteiger partial charge in [-0.05, 0) is 282 Å². The first-order valence-electron chi connectivity index (χ1n) is 38.3. The van der Waals surface area contributed by atoms with Gasteiger partial charge >= 0.3 is 0 Å². The SMILES string of the molecule is CCCCCCCCNCCC[C@@H](C)[C@H]1CC[C@H]2C3[C@H](OCCCN)CC4C[C@H](OCCCN)CC[C@]4(C)[C@H]3C[C@H](OCCCN)[C@]12C.CCCC[C@@H](C)[C@H]1CC[C@H]2C3[C@H](OCCCN)CC4C[C@H](OCCCN)CC[C@]4(C)[C@H]3C[C@H](OCCCN)[C@]12C.Cl.Cl.Cl.Cl.Cl.Cl.Cl. The second-order valence-corrected chi connectivity index (χ2v) is 31.7. The lowest BCUT2D eigenvalue weighted by molar-refractivity contribution is -0.227. The molecule has 8 aliphatic carbocycles. The Morgan fingerprint density at radius 3 is 1.11 bits per heavy atom. The number of halogens is 7. The van der Waals surface area contributed by atoms with E-state index in [1.54, 1.807) is 0 Å². The number of hydrogen-bond donors (Lipinski definition) is 7. The van der Waals surface area contributed by atoms with Gasteiger partial charge in [-0.3, -0.25) is 0 Å². The molecular formula is C75H152Cl7N7O6. The summed E-state index contributed by atoms with van der Waals surface area (Å²) in [5, 5.41) is 3.77. The Balaban J connectivity index is 0.00000175. The second kappa shape index (κ2) is 49.3. The van der Waals surface area contributed by atoms with Gasteiger partial charge < -0.3 is 68.1 Å². The average Bonchev–Trinajstić information content (AvgIpc) is 1.69. The molecule has 0 aliphatic heterocycles. The molecule has 0 aromatic carbocycles. The van der Waals surface area contributed by atoms with Crippen LogP contribution in [0.4, 0.5) is 0 Å². The van der Waals surface area contributed by atoms with Crippen LogP contribution < -0.4 is 39.7 Å². The van der Waals surface area contributed by atoms with Gasteiger partial charge in [-0.2, -0.15) is 0 Å². The van der Waals surface area contributed by atoms with Gasteiger partial charge in [-0.25, -0.2) is 0 Å². The molecule has 0 saturated heterocycles. The fraction of sp³-hybridized carbons (Fsp3) is 1.00. The maximum Gasteiger partial charge on any atom is 0.0637 e. The molecule has 8 saturated carbocycles. The third kappa shape index (κ3) is 24.3. The van der Waals surface area contributed by atoms with E-state index in [0.717, 1.165) is 103 Å². The fourth-order valence-corrected chi connectivity index (χ4v) is 21.8. The second-order valence-electron chi connectivity index (χ2n) is 31.7. The number of nitrogens with two attached hydrogens (primary N) is 6. The average molecular weight is 1500 g/mol. The summed E-state index contributed by atoms with van der Waals surface area (Å²) >= 11 is 0. The van der Waals surface area contributed by atoms with Crippen LogP contribution in [-0.4, -0.2) is 129 Å². The highest BCUT2D eigenvalue weighted by Gasteiger charge is 2.68. The maximum atomic E-state index is 7.03. The summed E-state index contributed by atoms with van der Waals surface area (Å²) in [4.78, 5) is 0. The van der Waals surface area contributed by atoms with E-state index in [0.29, 0.717) is 146 Å². The van der Waals surface area contributed by atoms with Crippen LogP contribution in [0.5, 0.6) is 0 Å². The Labute approximate surface area is 626 Å². The van der Waals surface area contributed by atoms with Crippen molar-refractivity contribution in [2.24, 2.45) is 127 Å². The van der Waals surface area contributed by atoms with Crippen LogP contribution >= 0.6 is 86.8 Å². The first-order chi connectivity index (χ1) is 42.7. The third-order valence-electron chi connectivity index (χ3n) is 26.7. The first kappa shape index (κ1) is 96.5. The van der Waals surface area contributed by atoms with E-state index in [9.17, 15) is 0 Å². The molecule has 0 aromatic rings. The molecule has 0 aromatic heterocycles. The molecule has 0 spiro atoms. The lowest BCUT2D eigenvalue weighted by Gasteiger charge is -2.65. The van der Waals surface area contributed by atoms with Crippen LogP contribution in [-0.2, 0) is 28.4 Å². The Kier molecular flexibility index (Phi) is 50.1. The third-order valence-corrected chi connectivity index (χ3v) is 26.7. The number of ether oxygens (including phenoxy) is 6. The van der Waals surface area contributed by atoms with Crippen molar-refractivity contribution in [2.75, 3.05) is 92.0 Å². The summed E-state index contributed by atoms with van der Waals surface area (Å²) in [6.45, 7) is 31.6. The highest BCUT2D eigenvalue weighted by molar-refractivity contribution is 5.86. The molecule has 8 rings (SSSR count). The summed E-state index contributed by atoms with van der Waals surface area (Å²) in [5.74, 6) is 7.98. The zero-order chi connectivity index (χ0) is 63.2. The van der Waals surface area contributed by atoms with Gasteiger partial charge in [-0.1, -0.05) is 107 Å². The van der Waals surface area contributed by atoms with E-state index in [-0.39, 0.29) is 97.7 Å². The van der Waals surface area contributed by atoms with E-state index in [1.165, 1.54) is 161 Å². The van der Waals surface area contributed by atoms with E-state index in [2.05, 4.69) is 60.7 Å². The largest absolute Gasteiger partial charge is 0.378 e. The molecule has 0 amide bonds. The van der Waals surface area contributed by atoms with Crippen molar-refractivity contribution in [3.8, 4) is 0 Å². The zero-order valence-electron chi connectivity index (χ0n) is 61.5. The summed E-state index contributed by atoms with van der Waals surface area (Å²) in [6.07, 6.45) is 39.7. The van der Waals surface area contributed by atoms with Gasteiger partial charge in [0.1, 0.15) is 0 Å². The lowest BCUT2D eigenvalue weighted by atomic mass is 9.43. The number of nitrogens with one attached hydrogen (secondary N) is 1. The van der Waals surface area contributed by atoms with Crippen LogP contribution in [0.15, 0.2) is 0 Å². The topological polar surface area (TPSA) is 224 Å². The number of fused-ring (bicyclic) bond motifs is 10. The van der Waals surface area contributed by atoms with Crippen molar-refractivity contribution in [2.45, 2.75) is 291 Å². The minimum Gasteiger partial charge on any atom is -0.378 e. The molecule has 20 heteroatoms. The van der Waals surface area contributed by atoms with Crippen molar-refractivity contribution in [3.05, 3.63) is 0 Å². The van der Waals surface area contributed by atoms with E-state index in [1.807, 2.05) is 0 Å². The Morgan fingerprint density at radius 1 is 0.368 bits per heavy atom. The minimum atomic E-state index is 0. The van der Waals surface area contributed by atoms with E-state index < -0.39 is 0 Å². The number of hydrogen-bond acceptors (Lipinski definition) is 13.